The van der Waals surface area contributed by atoms with E-state index in [2.05, 4.69) is 144 Å². The molecule has 8 aromatic carbocycles. The van der Waals surface area contributed by atoms with Crippen LogP contribution in [0.2, 0.25) is 0 Å². The number of fused-ring (bicyclic) bond motifs is 7. The molecule has 0 saturated carbocycles. The van der Waals surface area contributed by atoms with E-state index in [0.717, 1.165) is 66.8 Å². The summed E-state index contributed by atoms with van der Waals surface area (Å²) in [6, 6.07) is 64.1. The minimum atomic E-state index is 0.601. The molecule has 0 bridgehead atoms. The first-order valence-electron chi connectivity index (χ1n) is 18.0. The van der Waals surface area contributed by atoms with Crippen molar-refractivity contribution in [2.75, 3.05) is 4.90 Å². The summed E-state index contributed by atoms with van der Waals surface area (Å²) in [6.45, 7) is 0. The highest BCUT2D eigenvalue weighted by atomic mass is 32.1. The van der Waals surface area contributed by atoms with Gasteiger partial charge in [0.05, 0.1) is 0 Å². The van der Waals surface area contributed by atoms with Gasteiger partial charge in [-0.3, -0.25) is 0 Å². The number of aromatic nitrogens is 1. The maximum Gasteiger partial charge on any atom is 0.227 e. The Kier molecular flexibility index (Phi) is 7.00. The second-order valence-electron chi connectivity index (χ2n) is 13.6. The van der Waals surface area contributed by atoms with Crippen molar-refractivity contribution in [1.29, 1.82) is 0 Å². The van der Waals surface area contributed by atoms with E-state index >= 15 is 0 Å². The third-order valence-corrected chi connectivity index (χ3v) is 11.4. The largest absolute Gasteiger partial charge is 0.456 e. The second-order valence-corrected chi connectivity index (χ2v) is 14.6. The summed E-state index contributed by atoms with van der Waals surface area (Å²) in [5.74, 6) is 0.601. The van der Waals surface area contributed by atoms with E-state index in [4.69, 9.17) is 13.8 Å². The Morgan fingerprint density at radius 2 is 1.06 bits per heavy atom. The molecule has 0 aliphatic rings. The molecule has 3 heterocycles. The first-order valence-corrected chi connectivity index (χ1v) is 18.8. The second kappa shape index (κ2) is 12.3. The molecular weight excluding hydrogens is 681 g/mol. The van der Waals surface area contributed by atoms with Crippen LogP contribution in [0.15, 0.2) is 191 Å². The lowest BCUT2D eigenvalue weighted by Gasteiger charge is -2.26. The van der Waals surface area contributed by atoms with E-state index in [9.17, 15) is 0 Å². The predicted octanol–water partition coefficient (Wildman–Crippen LogP) is 14.6. The van der Waals surface area contributed by atoms with Gasteiger partial charge in [-0.15, -0.1) is 11.3 Å². The molecule has 0 unspecified atom stereocenters. The monoisotopic (exact) mass is 710 g/mol. The molecule has 0 aliphatic heterocycles. The Morgan fingerprint density at radius 1 is 0.407 bits per heavy atom. The molecule has 11 rings (SSSR count). The average molecular weight is 711 g/mol. The minimum absolute atomic E-state index is 0.601. The number of hydrogen-bond donors (Lipinski definition) is 0. The van der Waals surface area contributed by atoms with Crippen molar-refractivity contribution in [2.45, 2.75) is 0 Å². The fourth-order valence-electron chi connectivity index (χ4n) is 7.72. The molecule has 11 aromatic rings. The SMILES string of the molecule is c1ccc(-c2ccc(N(c3ccc(-c4cccc5oc6cc7nc(-c8ccccc8)oc7cc6c45)cc3)c3ccc4c(c3)sc3ccccc34)cc2)cc1. The molecule has 0 radical (unpaired) electrons. The zero-order chi connectivity index (χ0) is 35.6. The zero-order valence-electron chi connectivity index (χ0n) is 28.9. The van der Waals surface area contributed by atoms with Crippen molar-refractivity contribution in [3.63, 3.8) is 0 Å². The summed E-state index contributed by atoms with van der Waals surface area (Å²) >= 11 is 1.84. The van der Waals surface area contributed by atoms with E-state index < -0.39 is 0 Å². The van der Waals surface area contributed by atoms with E-state index in [1.165, 1.54) is 31.3 Å². The fraction of sp³-hybridized carbons (Fsp3) is 0. The number of rotatable bonds is 6. The van der Waals surface area contributed by atoms with Crippen molar-refractivity contribution in [1.82, 2.24) is 4.98 Å². The van der Waals surface area contributed by atoms with Gasteiger partial charge in [0.15, 0.2) is 5.58 Å². The molecule has 254 valence electrons. The molecule has 4 nitrogen and oxygen atoms in total. The third kappa shape index (κ3) is 5.09. The maximum atomic E-state index is 6.42. The number of nitrogens with zero attached hydrogens (tertiary/aromatic N) is 2. The van der Waals surface area contributed by atoms with Gasteiger partial charge in [-0.1, -0.05) is 109 Å². The number of hydrogen-bond acceptors (Lipinski definition) is 5. The Balaban J connectivity index is 1.02. The molecule has 0 atom stereocenters. The van der Waals surface area contributed by atoms with Crippen LogP contribution in [0.3, 0.4) is 0 Å². The number of furan rings is 1. The van der Waals surface area contributed by atoms with Gasteiger partial charge in [0.25, 0.3) is 0 Å². The first-order chi connectivity index (χ1) is 26.7. The third-order valence-electron chi connectivity index (χ3n) is 10.3. The number of anilines is 3. The topological polar surface area (TPSA) is 42.4 Å². The number of benzene rings is 8. The zero-order valence-corrected chi connectivity index (χ0v) is 29.8. The highest BCUT2D eigenvalue weighted by Crippen LogP contribution is 2.43. The van der Waals surface area contributed by atoms with Crippen molar-refractivity contribution >= 4 is 81.6 Å². The predicted molar refractivity (Wildman–Crippen MR) is 225 cm³/mol. The normalized spacial score (nSPS) is 11.7. The molecule has 0 amide bonds. The summed E-state index contributed by atoms with van der Waals surface area (Å²) in [4.78, 5) is 7.13. The quantitative estimate of drug-likeness (QED) is 0.172. The van der Waals surface area contributed by atoms with Crippen molar-refractivity contribution in [3.8, 4) is 33.7 Å². The van der Waals surface area contributed by atoms with Gasteiger partial charge in [0, 0.05) is 59.6 Å². The lowest BCUT2D eigenvalue weighted by molar-refractivity contribution is 0.620. The van der Waals surface area contributed by atoms with Crippen LogP contribution in [0.4, 0.5) is 17.1 Å². The summed E-state index contributed by atoms with van der Waals surface area (Å²) in [7, 11) is 0. The lowest BCUT2D eigenvalue weighted by atomic mass is 9.99. The van der Waals surface area contributed by atoms with Gasteiger partial charge in [-0.05, 0) is 89.0 Å². The standard InChI is InChI=1S/C49H30N2O2S/c1-3-10-31(11-4-1)32-18-22-35(23-19-32)51(37-26-27-40-39-14-7-8-17-46(39)54-47(40)28-37)36-24-20-33(21-25-36)38-15-9-16-43-48(38)41-29-45-42(30-44(41)52-43)50-49(53-45)34-12-5-2-6-13-34/h1-30H. The molecule has 0 saturated heterocycles. The van der Waals surface area contributed by atoms with Crippen LogP contribution in [0.5, 0.6) is 0 Å². The van der Waals surface area contributed by atoms with E-state index in [-0.39, 0.29) is 0 Å². The van der Waals surface area contributed by atoms with Gasteiger partial charge < -0.3 is 13.7 Å². The average Bonchev–Trinajstić information content (AvgIpc) is 3.94. The van der Waals surface area contributed by atoms with E-state index in [1.807, 2.05) is 53.8 Å². The van der Waals surface area contributed by atoms with Gasteiger partial charge in [0.2, 0.25) is 5.89 Å². The van der Waals surface area contributed by atoms with Crippen LogP contribution >= 0.6 is 11.3 Å². The van der Waals surface area contributed by atoms with Crippen molar-refractivity contribution < 1.29 is 8.83 Å². The lowest BCUT2D eigenvalue weighted by Crippen LogP contribution is -2.09. The molecular formula is C49H30N2O2S. The molecule has 3 aromatic heterocycles. The van der Waals surface area contributed by atoms with E-state index in [0.29, 0.717) is 5.89 Å². The van der Waals surface area contributed by atoms with Gasteiger partial charge in [-0.25, -0.2) is 4.98 Å². The molecule has 0 spiro atoms. The van der Waals surface area contributed by atoms with Gasteiger partial charge in [-0.2, -0.15) is 0 Å². The Bertz CT molecular complexity index is 3140. The molecule has 0 aliphatic carbocycles. The van der Waals surface area contributed by atoms with Gasteiger partial charge >= 0.3 is 0 Å². The highest BCUT2D eigenvalue weighted by Gasteiger charge is 2.19. The Morgan fingerprint density at radius 3 is 1.83 bits per heavy atom. The summed E-state index contributed by atoms with van der Waals surface area (Å²) in [5.41, 5.74) is 12.0. The number of thiophene rings is 1. The van der Waals surface area contributed by atoms with Crippen LogP contribution in [0.1, 0.15) is 0 Å². The minimum Gasteiger partial charge on any atom is -0.456 e. The molecule has 5 heteroatoms. The van der Waals surface area contributed by atoms with Gasteiger partial charge in [0.1, 0.15) is 16.7 Å². The first kappa shape index (κ1) is 30.7. The maximum absolute atomic E-state index is 6.42. The Hall–Kier alpha value is -6.95. The smallest absolute Gasteiger partial charge is 0.227 e. The van der Waals surface area contributed by atoms with Crippen LogP contribution in [-0.4, -0.2) is 4.98 Å². The van der Waals surface area contributed by atoms with Crippen LogP contribution in [-0.2, 0) is 0 Å². The molecule has 0 fully saturated rings. The van der Waals surface area contributed by atoms with Crippen LogP contribution < -0.4 is 4.90 Å². The highest BCUT2D eigenvalue weighted by molar-refractivity contribution is 7.25. The van der Waals surface area contributed by atoms with E-state index in [1.54, 1.807) is 0 Å². The van der Waals surface area contributed by atoms with Crippen molar-refractivity contribution in [3.05, 3.63) is 182 Å². The summed E-state index contributed by atoms with van der Waals surface area (Å²) < 4.78 is 15.3. The fourth-order valence-corrected chi connectivity index (χ4v) is 8.86. The number of oxazole rings is 1. The molecule has 54 heavy (non-hydrogen) atoms. The Labute approximate surface area is 314 Å². The van der Waals surface area contributed by atoms with Crippen molar-refractivity contribution in [2.24, 2.45) is 0 Å². The van der Waals surface area contributed by atoms with Crippen LogP contribution in [0.25, 0.3) is 86.9 Å². The summed E-state index contributed by atoms with van der Waals surface area (Å²) in [5, 5.41) is 4.65. The summed E-state index contributed by atoms with van der Waals surface area (Å²) in [6.07, 6.45) is 0. The molecule has 0 N–H and O–H groups in total. The van der Waals surface area contributed by atoms with Crippen LogP contribution in [0, 0.1) is 0 Å².